The van der Waals surface area contributed by atoms with Crippen molar-refractivity contribution >= 4 is 11.9 Å². The molecule has 2 aliphatic heterocycles. The number of amides is 1. The quantitative estimate of drug-likeness (QED) is 0.537. The van der Waals surface area contributed by atoms with Gasteiger partial charge in [0.05, 0.1) is 12.2 Å². The van der Waals surface area contributed by atoms with Crippen molar-refractivity contribution < 1.29 is 9.32 Å². The minimum Gasteiger partial charge on any atom is -0.364 e. The highest BCUT2D eigenvalue weighted by Crippen LogP contribution is 2.07. The van der Waals surface area contributed by atoms with Gasteiger partial charge in [-0.15, -0.1) is 0 Å². The van der Waals surface area contributed by atoms with Crippen molar-refractivity contribution in [1.29, 1.82) is 0 Å². The Morgan fingerprint density at radius 3 is 2.39 bits per heavy atom. The number of hydrogen-bond donors (Lipinski definition) is 1. The number of piperazine rings is 2. The van der Waals surface area contributed by atoms with Crippen LogP contribution in [0.25, 0.3) is 0 Å². The van der Waals surface area contributed by atoms with Gasteiger partial charge in [-0.25, -0.2) is 0 Å². The van der Waals surface area contributed by atoms with Gasteiger partial charge in [0.15, 0.2) is 5.96 Å². The van der Waals surface area contributed by atoms with E-state index in [1.807, 2.05) is 11.0 Å². The molecule has 2 fully saturated rings. The molecule has 28 heavy (non-hydrogen) atoms. The topological polar surface area (TPSA) is 80.5 Å². The van der Waals surface area contributed by atoms with Gasteiger partial charge in [0.2, 0.25) is 5.91 Å². The number of nitrogens with one attached hydrogen (secondary N) is 1. The fourth-order valence-corrected chi connectivity index (χ4v) is 3.68. The number of carbonyl (C=O) groups is 1. The van der Waals surface area contributed by atoms with E-state index in [1.54, 1.807) is 13.2 Å². The van der Waals surface area contributed by atoms with Crippen LogP contribution in [0.4, 0.5) is 0 Å². The van der Waals surface area contributed by atoms with E-state index in [4.69, 9.17) is 9.52 Å². The van der Waals surface area contributed by atoms with Crippen LogP contribution in [-0.4, -0.2) is 109 Å². The summed E-state index contributed by atoms with van der Waals surface area (Å²) in [5, 5.41) is 7.43. The Labute approximate surface area is 167 Å². The Morgan fingerprint density at radius 1 is 1.11 bits per heavy atom. The third-order valence-corrected chi connectivity index (χ3v) is 5.38. The Kier molecular flexibility index (Phi) is 7.67. The van der Waals surface area contributed by atoms with Crippen molar-refractivity contribution in [3.05, 3.63) is 18.0 Å². The molecular weight excluding hydrogens is 358 g/mol. The van der Waals surface area contributed by atoms with Crippen molar-refractivity contribution in [2.75, 3.05) is 72.0 Å². The first kappa shape index (κ1) is 20.6. The molecule has 1 amide bonds. The summed E-state index contributed by atoms with van der Waals surface area (Å²) in [6.07, 6.45) is 1.63. The van der Waals surface area contributed by atoms with Crippen molar-refractivity contribution in [3.63, 3.8) is 0 Å². The normalized spacial score (nSPS) is 19.9. The molecule has 9 nitrogen and oxygen atoms in total. The van der Waals surface area contributed by atoms with Gasteiger partial charge >= 0.3 is 0 Å². The van der Waals surface area contributed by atoms with Gasteiger partial charge in [0, 0.05) is 85.0 Å². The first-order chi connectivity index (χ1) is 13.7. The first-order valence-electron chi connectivity index (χ1n) is 10.3. The molecule has 2 saturated heterocycles. The Morgan fingerprint density at radius 2 is 1.79 bits per heavy atom. The lowest BCUT2D eigenvalue weighted by molar-refractivity contribution is -0.130. The van der Waals surface area contributed by atoms with E-state index >= 15 is 0 Å². The standard InChI is InChI=1S/C19H33N7O2/c1-3-20-19(21-5-6-23-7-11-25(12-8-23)17(2)27)26-13-9-24(10-14-26)16-18-4-15-28-22-18/h4,15H,3,5-14,16H2,1-2H3,(H,20,21). The van der Waals surface area contributed by atoms with Crippen LogP contribution in [-0.2, 0) is 11.3 Å². The predicted molar refractivity (Wildman–Crippen MR) is 108 cm³/mol. The van der Waals surface area contributed by atoms with Gasteiger partial charge in [-0.3, -0.25) is 19.6 Å². The first-order valence-corrected chi connectivity index (χ1v) is 10.3. The molecular formula is C19H33N7O2. The molecule has 0 bridgehead atoms. The molecule has 1 aromatic rings. The van der Waals surface area contributed by atoms with Crippen LogP contribution in [0.5, 0.6) is 0 Å². The number of nitrogens with zero attached hydrogens (tertiary/aromatic N) is 6. The largest absolute Gasteiger partial charge is 0.364 e. The molecule has 2 aliphatic rings. The predicted octanol–water partition coefficient (Wildman–Crippen LogP) is -0.0782. The monoisotopic (exact) mass is 391 g/mol. The molecule has 0 saturated carbocycles. The van der Waals surface area contributed by atoms with Crippen molar-refractivity contribution in [3.8, 4) is 0 Å². The summed E-state index contributed by atoms with van der Waals surface area (Å²) in [4.78, 5) is 25.3. The molecule has 0 unspecified atom stereocenters. The third kappa shape index (κ3) is 5.93. The maximum Gasteiger partial charge on any atom is 0.219 e. The van der Waals surface area contributed by atoms with Crippen LogP contribution >= 0.6 is 0 Å². The Bertz CT molecular complexity index is 618. The number of carbonyl (C=O) groups excluding carboxylic acids is 1. The van der Waals surface area contributed by atoms with E-state index < -0.39 is 0 Å². The van der Waals surface area contributed by atoms with Crippen LogP contribution in [0.15, 0.2) is 21.8 Å². The molecule has 3 heterocycles. The number of guanidine groups is 1. The van der Waals surface area contributed by atoms with E-state index in [2.05, 4.69) is 32.1 Å². The fourth-order valence-electron chi connectivity index (χ4n) is 3.68. The Balaban J connectivity index is 1.42. The van der Waals surface area contributed by atoms with Crippen molar-refractivity contribution in [1.82, 2.24) is 30.1 Å². The lowest BCUT2D eigenvalue weighted by atomic mass is 10.3. The van der Waals surface area contributed by atoms with Crippen LogP contribution in [0.2, 0.25) is 0 Å². The van der Waals surface area contributed by atoms with Crippen molar-refractivity contribution in [2.24, 2.45) is 4.99 Å². The lowest BCUT2D eigenvalue weighted by Gasteiger charge is -2.36. The minimum absolute atomic E-state index is 0.176. The molecule has 3 rings (SSSR count). The molecule has 0 aromatic carbocycles. The molecule has 1 N–H and O–H groups in total. The second kappa shape index (κ2) is 10.4. The molecule has 9 heteroatoms. The number of hydrogen-bond acceptors (Lipinski definition) is 6. The average Bonchev–Trinajstić information content (AvgIpc) is 3.21. The van der Waals surface area contributed by atoms with E-state index in [0.29, 0.717) is 0 Å². The second-order valence-electron chi connectivity index (χ2n) is 7.34. The second-order valence-corrected chi connectivity index (χ2v) is 7.34. The highest BCUT2D eigenvalue weighted by molar-refractivity contribution is 5.80. The maximum atomic E-state index is 11.4. The number of aromatic nitrogens is 1. The van der Waals surface area contributed by atoms with Gasteiger partial charge in [-0.05, 0) is 6.92 Å². The Hall–Kier alpha value is -2.13. The van der Waals surface area contributed by atoms with Gasteiger partial charge in [0.25, 0.3) is 0 Å². The minimum atomic E-state index is 0.176. The summed E-state index contributed by atoms with van der Waals surface area (Å²) >= 11 is 0. The summed E-state index contributed by atoms with van der Waals surface area (Å²) < 4.78 is 4.92. The van der Waals surface area contributed by atoms with E-state index in [0.717, 1.165) is 90.2 Å². The van der Waals surface area contributed by atoms with Crippen molar-refractivity contribution in [2.45, 2.75) is 20.4 Å². The zero-order valence-electron chi connectivity index (χ0n) is 17.1. The van der Waals surface area contributed by atoms with Gasteiger partial charge in [0.1, 0.15) is 6.26 Å². The maximum absolute atomic E-state index is 11.4. The van der Waals surface area contributed by atoms with Crippen LogP contribution < -0.4 is 5.32 Å². The van der Waals surface area contributed by atoms with Gasteiger partial charge < -0.3 is 19.6 Å². The molecule has 1 aromatic heterocycles. The molecule has 0 aliphatic carbocycles. The molecule has 0 atom stereocenters. The SMILES string of the molecule is CCNC(=NCCN1CCN(C(C)=O)CC1)N1CCN(Cc2ccon2)CC1. The average molecular weight is 392 g/mol. The number of aliphatic imine (C=N–C) groups is 1. The summed E-state index contributed by atoms with van der Waals surface area (Å²) in [5.41, 5.74) is 0.985. The smallest absolute Gasteiger partial charge is 0.219 e. The van der Waals surface area contributed by atoms with E-state index in [1.165, 1.54) is 0 Å². The summed E-state index contributed by atoms with van der Waals surface area (Å²) in [6, 6.07) is 1.92. The fraction of sp³-hybridized carbons (Fsp3) is 0.737. The zero-order valence-corrected chi connectivity index (χ0v) is 17.1. The highest BCUT2D eigenvalue weighted by atomic mass is 16.5. The third-order valence-electron chi connectivity index (χ3n) is 5.38. The van der Waals surface area contributed by atoms with E-state index in [-0.39, 0.29) is 5.91 Å². The summed E-state index contributed by atoms with van der Waals surface area (Å²) in [7, 11) is 0. The van der Waals surface area contributed by atoms with E-state index in [9.17, 15) is 4.79 Å². The number of rotatable bonds is 6. The summed E-state index contributed by atoms with van der Waals surface area (Å²) in [5.74, 6) is 1.18. The van der Waals surface area contributed by atoms with Crippen LogP contribution in [0.1, 0.15) is 19.5 Å². The van der Waals surface area contributed by atoms with Gasteiger partial charge in [-0.2, -0.15) is 0 Å². The zero-order chi connectivity index (χ0) is 19.8. The highest BCUT2D eigenvalue weighted by Gasteiger charge is 2.21. The lowest BCUT2D eigenvalue weighted by Crippen LogP contribution is -2.52. The molecule has 0 radical (unpaired) electrons. The molecule has 156 valence electrons. The molecule has 0 spiro atoms. The van der Waals surface area contributed by atoms with Crippen LogP contribution in [0.3, 0.4) is 0 Å². The summed E-state index contributed by atoms with van der Waals surface area (Å²) in [6.45, 7) is 14.6. The van der Waals surface area contributed by atoms with Gasteiger partial charge in [-0.1, -0.05) is 5.16 Å². The van der Waals surface area contributed by atoms with Crippen LogP contribution in [0, 0.1) is 0 Å².